The van der Waals surface area contributed by atoms with E-state index in [4.69, 9.17) is 4.42 Å². The molecule has 1 atom stereocenters. The highest BCUT2D eigenvalue weighted by Crippen LogP contribution is 2.17. The molecule has 0 aliphatic heterocycles. The molecule has 9 heteroatoms. The van der Waals surface area contributed by atoms with Gasteiger partial charge < -0.3 is 4.42 Å². The van der Waals surface area contributed by atoms with Gasteiger partial charge in [-0.15, -0.1) is 0 Å². The number of aromatic nitrogens is 3. The lowest BCUT2D eigenvalue weighted by atomic mass is 10.2. The number of aliphatic imine (C=N–C) groups is 1. The topological polar surface area (TPSA) is 106 Å². The SMILES string of the molecule is C=NS(=O)(CC)=C(C)CC(C)=Nc1cc(Nc2nc(C)co2)ncn1. The second-order valence-corrected chi connectivity index (χ2v) is 8.28. The molecule has 2 heterocycles. The smallest absolute Gasteiger partial charge is 0.300 e. The molecule has 0 fully saturated rings. The van der Waals surface area contributed by atoms with Crippen LogP contribution in [0.15, 0.2) is 32.5 Å². The van der Waals surface area contributed by atoms with Crippen LogP contribution in [0, 0.1) is 6.92 Å². The van der Waals surface area contributed by atoms with Crippen molar-refractivity contribution in [2.45, 2.75) is 34.1 Å². The second kappa shape index (κ2) is 8.02. The van der Waals surface area contributed by atoms with Crippen molar-refractivity contribution in [1.29, 1.82) is 0 Å². The van der Waals surface area contributed by atoms with E-state index < -0.39 is 9.71 Å². The van der Waals surface area contributed by atoms with Crippen LogP contribution >= 0.6 is 0 Å². The third kappa shape index (κ3) is 4.96. The van der Waals surface area contributed by atoms with E-state index in [0.717, 1.165) is 16.3 Å². The predicted molar refractivity (Wildman–Crippen MR) is 103 cm³/mol. The zero-order valence-electron chi connectivity index (χ0n) is 14.8. The van der Waals surface area contributed by atoms with Gasteiger partial charge in [-0.25, -0.2) is 23.6 Å². The van der Waals surface area contributed by atoms with Crippen LogP contribution in [-0.2, 0) is 9.71 Å². The fourth-order valence-corrected chi connectivity index (χ4v) is 3.48. The Morgan fingerprint density at radius 1 is 1.40 bits per heavy atom. The molecule has 2 aromatic heterocycles. The highest BCUT2D eigenvalue weighted by molar-refractivity contribution is 8.01. The van der Waals surface area contributed by atoms with Crippen LogP contribution in [0.2, 0.25) is 0 Å². The molecule has 0 saturated heterocycles. The van der Waals surface area contributed by atoms with Gasteiger partial charge >= 0.3 is 0 Å². The van der Waals surface area contributed by atoms with Gasteiger partial charge in [0.05, 0.1) is 15.4 Å². The summed E-state index contributed by atoms with van der Waals surface area (Å²) in [5.41, 5.74) is 1.55. The molecule has 0 aliphatic rings. The Morgan fingerprint density at radius 2 is 2.16 bits per heavy atom. The summed E-state index contributed by atoms with van der Waals surface area (Å²) < 4.78 is 21.5. The van der Waals surface area contributed by atoms with Crippen molar-refractivity contribution < 1.29 is 8.63 Å². The molecule has 1 N–H and O–H groups in total. The van der Waals surface area contributed by atoms with Crippen LogP contribution in [0.4, 0.5) is 17.7 Å². The van der Waals surface area contributed by atoms with E-state index >= 15 is 0 Å². The van der Waals surface area contributed by atoms with Gasteiger partial charge in [-0.05, 0) is 20.8 Å². The number of anilines is 2. The first-order valence-electron chi connectivity index (χ1n) is 7.74. The second-order valence-electron chi connectivity index (χ2n) is 5.46. The van der Waals surface area contributed by atoms with Crippen molar-refractivity contribution in [3.63, 3.8) is 0 Å². The van der Waals surface area contributed by atoms with E-state index in [1.165, 1.54) is 6.33 Å². The van der Waals surface area contributed by atoms with Crippen molar-refractivity contribution in [3.05, 3.63) is 24.4 Å². The molecule has 1 unspecified atom stereocenters. The third-order valence-electron chi connectivity index (χ3n) is 3.46. The van der Waals surface area contributed by atoms with Gasteiger partial charge in [-0.3, -0.25) is 5.32 Å². The van der Waals surface area contributed by atoms with Gasteiger partial charge in [0.15, 0.2) is 5.82 Å². The average molecular weight is 362 g/mol. The average Bonchev–Trinajstić information content (AvgIpc) is 2.99. The lowest BCUT2D eigenvalue weighted by Crippen LogP contribution is -2.14. The van der Waals surface area contributed by atoms with Gasteiger partial charge in [-0.2, -0.15) is 4.98 Å². The van der Waals surface area contributed by atoms with E-state index in [-0.39, 0.29) is 0 Å². The molecule has 0 spiro atoms. The van der Waals surface area contributed by atoms with E-state index in [0.29, 0.717) is 29.8 Å². The number of nitrogens with one attached hydrogen (secondary N) is 1. The lowest BCUT2D eigenvalue weighted by molar-refractivity contribution is 0.576. The molecular formula is C16H22N6O2S. The summed E-state index contributed by atoms with van der Waals surface area (Å²) in [5, 5.41) is 2.95. The van der Waals surface area contributed by atoms with Crippen molar-refractivity contribution in [2.24, 2.45) is 9.39 Å². The standard InChI is InChI=1S/C16H22N6O2S/c1-6-25(23,17-5)13(4)7-11(2)20-14-8-15(19-10-18-14)22-16-21-12(3)9-24-16/h8-10H,5-7H2,1-4H3,(H,18,19,21,22). The highest BCUT2D eigenvalue weighted by Gasteiger charge is 2.09. The molecule has 0 saturated carbocycles. The van der Waals surface area contributed by atoms with E-state index in [2.05, 4.69) is 36.4 Å². The van der Waals surface area contributed by atoms with Gasteiger partial charge in [0.1, 0.15) is 18.4 Å². The maximum absolute atomic E-state index is 12.5. The first-order chi connectivity index (χ1) is 11.9. The Labute approximate surface area is 147 Å². The molecule has 0 bridgehead atoms. The minimum Gasteiger partial charge on any atom is -0.432 e. The van der Waals surface area contributed by atoms with Crippen LogP contribution in [0.1, 0.15) is 32.9 Å². The quantitative estimate of drug-likeness (QED) is 0.599. The zero-order chi connectivity index (χ0) is 18.4. The number of aryl methyl sites for hydroxylation is 1. The van der Waals surface area contributed by atoms with Gasteiger partial charge in [0.25, 0.3) is 6.01 Å². The Kier molecular flexibility index (Phi) is 6.02. The number of oxazole rings is 1. The summed E-state index contributed by atoms with van der Waals surface area (Å²) in [7, 11) is -2.39. The van der Waals surface area contributed by atoms with E-state index in [1.807, 2.05) is 27.7 Å². The van der Waals surface area contributed by atoms with Crippen molar-refractivity contribution in [2.75, 3.05) is 11.1 Å². The lowest BCUT2D eigenvalue weighted by Gasteiger charge is -2.08. The summed E-state index contributed by atoms with van der Waals surface area (Å²) >= 11 is 0. The Morgan fingerprint density at radius 3 is 2.76 bits per heavy atom. The molecule has 0 aliphatic carbocycles. The summed E-state index contributed by atoms with van der Waals surface area (Å²) in [6, 6.07) is 2.04. The summed E-state index contributed by atoms with van der Waals surface area (Å²) in [5.74, 6) is 1.45. The fraction of sp³-hybridized carbons (Fsp3) is 0.375. The fourth-order valence-electron chi connectivity index (χ4n) is 2.15. The summed E-state index contributed by atoms with van der Waals surface area (Å²) in [6.07, 6.45) is 3.42. The monoisotopic (exact) mass is 362 g/mol. The number of hydrogen-bond acceptors (Lipinski definition) is 7. The first kappa shape index (κ1) is 18.8. The van der Waals surface area contributed by atoms with Gasteiger partial charge in [0, 0.05) is 35.5 Å². The molecule has 0 radical (unpaired) electrons. The van der Waals surface area contributed by atoms with Crippen LogP contribution in [0.5, 0.6) is 0 Å². The number of hydrogen-bond donors (Lipinski definition) is 1. The summed E-state index contributed by atoms with van der Waals surface area (Å²) in [4.78, 5) is 17.6. The molecular weight excluding hydrogens is 340 g/mol. The van der Waals surface area contributed by atoms with Crippen molar-refractivity contribution in [1.82, 2.24) is 15.0 Å². The van der Waals surface area contributed by atoms with Crippen LogP contribution in [0.25, 0.3) is 0 Å². The largest absolute Gasteiger partial charge is 0.432 e. The number of nitrogens with zero attached hydrogens (tertiary/aromatic N) is 5. The normalized spacial score (nSPS) is 14.0. The molecule has 8 nitrogen and oxygen atoms in total. The predicted octanol–water partition coefficient (Wildman–Crippen LogP) is 3.11. The maximum atomic E-state index is 12.5. The first-order valence-corrected chi connectivity index (χ1v) is 9.42. The minimum absolute atomic E-state index is 0.353. The third-order valence-corrected chi connectivity index (χ3v) is 5.89. The Balaban J connectivity index is 2.19. The van der Waals surface area contributed by atoms with Crippen LogP contribution in [-0.4, -0.2) is 42.2 Å². The molecule has 2 rings (SSSR count). The van der Waals surface area contributed by atoms with Crippen LogP contribution in [0.3, 0.4) is 0 Å². The van der Waals surface area contributed by atoms with E-state index in [9.17, 15) is 4.21 Å². The molecule has 0 amide bonds. The molecule has 25 heavy (non-hydrogen) atoms. The Bertz CT molecular complexity index is 909. The number of rotatable bonds is 7. The molecule has 0 aromatic carbocycles. The maximum Gasteiger partial charge on any atom is 0.300 e. The zero-order valence-corrected chi connectivity index (χ0v) is 15.6. The highest BCUT2D eigenvalue weighted by atomic mass is 32.2. The molecule has 134 valence electrons. The van der Waals surface area contributed by atoms with Gasteiger partial charge in [-0.1, -0.05) is 6.92 Å². The van der Waals surface area contributed by atoms with E-state index in [1.54, 1.807) is 12.3 Å². The van der Waals surface area contributed by atoms with Crippen molar-refractivity contribution in [3.8, 4) is 0 Å². The Hall–Kier alpha value is -2.55. The van der Waals surface area contributed by atoms with Gasteiger partial charge in [0.2, 0.25) is 0 Å². The van der Waals surface area contributed by atoms with Crippen molar-refractivity contribution >= 4 is 44.7 Å². The van der Waals surface area contributed by atoms with Crippen LogP contribution < -0.4 is 5.32 Å². The molecule has 2 aromatic rings. The minimum atomic E-state index is -2.39. The summed E-state index contributed by atoms with van der Waals surface area (Å²) in [6.45, 7) is 10.8.